The third-order valence-corrected chi connectivity index (χ3v) is 14.5. The largest absolute Gasteiger partial charge is 0.0625 e. The van der Waals surface area contributed by atoms with E-state index in [9.17, 15) is 0 Å². The SMILES string of the molecule is CC(C)C1CCC(C(C)C)CC1.CC(C)C1CCCC(C(C)C)C1.CC(C)C1CCCCC1C(C)C.CC(C)[C@H]1CCCC[C@H]1C(C)C. The molecule has 4 fully saturated rings. The highest BCUT2D eigenvalue weighted by molar-refractivity contribution is 4.81. The fourth-order valence-electron chi connectivity index (χ4n) is 10.6. The summed E-state index contributed by atoms with van der Waals surface area (Å²) in [6, 6.07) is 0. The first-order chi connectivity index (χ1) is 22.5. The molecule has 0 heteroatoms. The molecule has 4 rings (SSSR count). The molecule has 0 aromatic carbocycles. The topological polar surface area (TPSA) is 0 Å². The summed E-state index contributed by atoms with van der Waals surface area (Å²) in [6.45, 7) is 38.2. The Labute approximate surface area is 307 Å². The van der Waals surface area contributed by atoms with Crippen molar-refractivity contribution in [2.45, 2.75) is 214 Å². The predicted octanol–water partition coefficient (Wildman–Crippen LogP) is 16.4. The van der Waals surface area contributed by atoms with E-state index >= 15 is 0 Å². The first-order valence-corrected chi connectivity index (χ1v) is 22.5. The Morgan fingerprint density at radius 2 is 0.458 bits per heavy atom. The second kappa shape index (κ2) is 24.3. The molecular formula is C48H96. The first kappa shape index (κ1) is 46.0. The van der Waals surface area contributed by atoms with Crippen LogP contribution in [0.25, 0.3) is 0 Å². The Kier molecular flexibility index (Phi) is 23.3. The molecule has 48 heavy (non-hydrogen) atoms. The fraction of sp³-hybridized carbons (Fsp3) is 1.00. The molecule has 0 saturated heterocycles. The Morgan fingerprint density at radius 1 is 0.229 bits per heavy atom. The summed E-state index contributed by atoms with van der Waals surface area (Å²) in [5.41, 5.74) is 0. The van der Waals surface area contributed by atoms with Gasteiger partial charge in [0.05, 0.1) is 0 Å². The molecule has 288 valence electrons. The molecule has 4 aliphatic carbocycles. The lowest BCUT2D eigenvalue weighted by atomic mass is 9.69. The average Bonchev–Trinajstić information content (AvgIpc) is 3.05. The highest BCUT2D eigenvalue weighted by Gasteiger charge is 2.30. The summed E-state index contributed by atoms with van der Waals surface area (Å²) < 4.78 is 0. The van der Waals surface area contributed by atoms with Crippen LogP contribution in [0.1, 0.15) is 214 Å². The summed E-state index contributed by atoms with van der Waals surface area (Å²) >= 11 is 0. The van der Waals surface area contributed by atoms with Crippen LogP contribution in [0.3, 0.4) is 0 Å². The third kappa shape index (κ3) is 17.0. The van der Waals surface area contributed by atoms with Crippen LogP contribution in [0.15, 0.2) is 0 Å². The summed E-state index contributed by atoms with van der Waals surface area (Å²) in [7, 11) is 0. The minimum Gasteiger partial charge on any atom is -0.0625 e. The van der Waals surface area contributed by atoms with E-state index in [1.165, 1.54) is 103 Å². The second-order valence-electron chi connectivity index (χ2n) is 20.5. The zero-order valence-corrected chi connectivity index (χ0v) is 36.6. The summed E-state index contributed by atoms with van der Waals surface area (Å²) in [5.74, 6) is 15.4. The summed E-state index contributed by atoms with van der Waals surface area (Å²) in [6.07, 6.45) is 23.8. The van der Waals surface area contributed by atoms with Crippen molar-refractivity contribution in [3.63, 3.8) is 0 Å². The lowest BCUT2D eigenvalue weighted by molar-refractivity contribution is 0.136. The van der Waals surface area contributed by atoms with Crippen LogP contribution < -0.4 is 0 Å². The van der Waals surface area contributed by atoms with Crippen LogP contribution >= 0.6 is 0 Å². The molecule has 4 saturated carbocycles. The maximum absolute atomic E-state index is 2.39. The zero-order valence-electron chi connectivity index (χ0n) is 36.6. The van der Waals surface area contributed by atoms with Gasteiger partial charge in [0.2, 0.25) is 0 Å². The molecule has 0 aromatic rings. The van der Waals surface area contributed by atoms with Crippen molar-refractivity contribution in [2.75, 3.05) is 0 Å². The van der Waals surface area contributed by atoms with E-state index < -0.39 is 0 Å². The first-order valence-electron chi connectivity index (χ1n) is 22.5. The Bertz CT molecular complexity index is 650. The molecule has 6 atom stereocenters. The van der Waals surface area contributed by atoms with Gasteiger partial charge in [0, 0.05) is 0 Å². The zero-order chi connectivity index (χ0) is 36.6. The quantitative estimate of drug-likeness (QED) is 0.241. The van der Waals surface area contributed by atoms with Gasteiger partial charge in [-0.1, -0.05) is 156 Å². The number of hydrogen-bond donors (Lipinski definition) is 0. The van der Waals surface area contributed by atoms with E-state index in [1.54, 1.807) is 0 Å². The summed E-state index contributed by atoms with van der Waals surface area (Å²) in [4.78, 5) is 0. The summed E-state index contributed by atoms with van der Waals surface area (Å²) in [5, 5.41) is 0. The van der Waals surface area contributed by atoms with Gasteiger partial charge in [0.15, 0.2) is 0 Å². The molecular weight excluding hydrogens is 577 g/mol. The van der Waals surface area contributed by atoms with Gasteiger partial charge in [0.1, 0.15) is 0 Å². The molecule has 4 aliphatic rings. The maximum Gasteiger partial charge on any atom is -0.0360 e. The van der Waals surface area contributed by atoms with E-state index in [0.717, 1.165) is 94.7 Å². The van der Waals surface area contributed by atoms with Crippen molar-refractivity contribution in [1.82, 2.24) is 0 Å². The van der Waals surface area contributed by atoms with Crippen LogP contribution in [0.5, 0.6) is 0 Å². The molecule has 0 heterocycles. The van der Waals surface area contributed by atoms with Gasteiger partial charge in [-0.25, -0.2) is 0 Å². The fourth-order valence-corrected chi connectivity index (χ4v) is 10.6. The van der Waals surface area contributed by atoms with Gasteiger partial charge >= 0.3 is 0 Å². The van der Waals surface area contributed by atoms with Gasteiger partial charge in [-0.15, -0.1) is 0 Å². The van der Waals surface area contributed by atoms with E-state index in [2.05, 4.69) is 111 Å². The predicted molar refractivity (Wildman–Crippen MR) is 220 cm³/mol. The molecule has 0 N–H and O–H groups in total. The standard InChI is InChI=1S/4C12H24/c1-9(2)11-5-7-12(8-6-11)10(3)4;1-9(2)11-6-5-7-12(8-11)10(3)4;2*1-9(2)11-7-5-6-8-12(11)10(3)4/h4*9-12H,5-8H2,1-4H3/t;;11-,12+;. The van der Waals surface area contributed by atoms with E-state index in [1.807, 2.05) is 0 Å². The number of rotatable bonds is 8. The molecule has 0 spiro atoms. The molecule has 0 nitrogen and oxygen atoms in total. The highest BCUT2D eigenvalue weighted by atomic mass is 14.4. The lowest BCUT2D eigenvalue weighted by Gasteiger charge is -2.37. The van der Waals surface area contributed by atoms with E-state index in [-0.39, 0.29) is 0 Å². The molecule has 0 aromatic heterocycles. The van der Waals surface area contributed by atoms with Crippen molar-refractivity contribution in [3.05, 3.63) is 0 Å². The maximum atomic E-state index is 2.39. The Balaban J connectivity index is 0.000000320. The van der Waals surface area contributed by atoms with Gasteiger partial charge in [-0.2, -0.15) is 0 Å². The molecule has 4 unspecified atom stereocenters. The van der Waals surface area contributed by atoms with E-state index in [0.29, 0.717) is 0 Å². The van der Waals surface area contributed by atoms with Crippen LogP contribution in [-0.4, -0.2) is 0 Å². The van der Waals surface area contributed by atoms with Crippen LogP contribution in [0.4, 0.5) is 0 Å². The van der Waals surface area contributed by atoms with E-state index in [4.69, 9.17) is 0 Å². The molecule has 0 radical (unpaired) electrons. The smallest absolute Gasteiger partial charge is 0.0360 e. The van der Waals surface area contributed by atoms with Gasteiger partial charge in [0.25, 0.3) is 0 Å². The van der Waals surface area contributed by atoms with Crippen molar-refractivity contribution < 1.29 is 0 Å². The second-order valence-corrected chi connectivity index (χ2v) is 20.5. The Hall–Kier alpha value is 0. The van der Waals surface area contributed by atoms with Gasteiger partial charge in [-0.05, 0) is 152 Å². The molecule has 0 amide bonds. The third-order valence-electron chi connectivity index (χ3n) is 14.5. The minimum atomic E-state index is 0.901. The Morgan fingerprint density at radius 3 is 0.646 bits per heavy atom. The van der Waals surface area contributed by atoms with Gasteiger partial charge in [-0.3, -0.25) is 0 Å². The lowest BCUT2D eigenvalue weighted by Crippen LogP contribution is -2.27. The molecule has 0 aliphatic heterocycles. The van der Waals surface area contributed by atoms with Crippen LogP contribution in [0, 0.1) is 94.7 Å². The van der Waals surface area contributed by atoms with Crippen LogP contribution in [0.2, 0.25) is 0 Å². The monoisotopic (exact) mass is 673 g/mol. The number of hydrogen-bond acceptors (Lipinski definition) is 0. The average molecular weight is 673 g/mol. The highest BCUT2D eigenvalue weighted by Crippen LogP contribution is 2.41. The van der Waals surface area contributed by atoms with Crippen LogP contribution in [-0.2, 0) is 0 Å². The van der Waals surface area contributed by atoms with Gasteiger partial charge < -0.3 is 0 Å². The van der Waals surface area contributed by atoms with Crippen molar-refractivity contribution in [3.8, 4) is 0 Å². The van der Waals surface area contributed by atoms with Crippen molar-refractivity contribution in [2.24, 2.45) is 94.7 Å². The molecule has 0 bridgehead atoms. The normalized spacial score (nSPS) is 31.5. The van der Waals surface area contributed by atoms with Crippen molar-refractivity contribution >= 4 is 0 Å². The minimum absolute atomic E-state index is 0.901. The van der Waals surface area contributed by atoms with Crippen molar-refractivity contribution in [1.29, 1.82) is 0 Å².